The fraction of sp³-hybridized carbons (Fsp3) is 0.100. The van der Waals surface area contributed by atoms with Crippen LogP contribution in [0.5, 0.6) is 0 Å². The van der Waals surface area contributed by atoms with Crippen LogP contribution in [0.25, 0.3) is 0 Å². The van der Waals surface area contributed by atoms with Gasteiger partial charge in [0.15, 0.2) is 0 Å². The SMILES string of the molecule is Cn1nccc1NC(=O)c1ccnc(Cl)c1[N+](=O)[O-]. The Bertz CT molecular complexity index is 654. The van der Waals surface area contributed by atoms with E-state index < -0.39 is 16.5 Å². The van der Waals surface area contributed by atoms with Gasteiger partial charge in [-0.1, -0.05) is 11.6 Å². The first kappa shape index (κ1) is 13.0. The molecule has 0 saturated heterocycles. The van der Waals surface area contributed by atoms with E-state index in [4.69, 9.17) is 11.6 Å². The van der Waals surface area contributed by atoms with E-state index in [-0.39, 0.29) is 10.7 Å². The summed E-state index contributed by atoms with van der Waals surface area (Å²) in [6, 6.07) is 2.79. The third-order valence-electron chi connectivity index (χ3n) is 2.37. The molecule has 0 radical (unpaired) electrons. The largest absolute Gasteiger partial charge is 0.319 e. The molecule has 0 aromatic carbocycles. The smallest absolute Gasteiger partial charge is 0.307 e. The van der Waals surface area contributed by atoms with Crippen molar-refractivity contribution in [2.45, 2.75) is 0 Å². The number of hydrogen-bond donors (Lipinski definition) is 1. The van der Waals surface area contributed by atoms with E-state index in [2.05, 4.69) is 15.4 Å². The molecule has 8 nitrogen and oxygen atoms in total. The van der Waals surface area contributed by atoms with Crippen LogP contribution in [-0.4, -0.2) is 25.6 Å². The van der Waals surface area contributed by atoms with Gasteiger partial charge >= 0.3 is 5.69 Å². The Balaban J connectivity index is 2.37. The maximum atomic E-state index is 12.0. The van der Waals surface area contributed by atoms with Crippen LogP contribution in [0.3, 0.4) is 0 Å². The van der Waals surface area contributed by atoms with Gasteiger partial charge in [0.05, 0.1) is 11.1 Å². The van der Waals surface area contributed by atoms with Gasteiger partial charge in [-0.3, -0.25) is 19.6 Å². The Labute approximate surface area is 112 Å². The summed E-state index contributed by atoms with van der Waals surface area (Å²) >= 11 is 5.63. The van der Waals surface area contributed by atoms with Crippen molar-refractivity contribution >= 4 is 29.0 Å². The molecule has 0 aliphatic rings. The summed E-state index contributed by atoms with van der Waals surface area (Å²) in [6.07, 6.45) is 2.72. The molecule has 2 aromatic rings. The summed E-state index contributed by atoms with van der Waals surface area (Å²) in [5.74, 6) is -0.244. The average Bonchev–Trinajstić information content (AvgIpc) is 2.74. The second-order valence-corrected chi connectivity index (χ2v) is 3.91. The molecule has 0 unspecified atom stereocenters. The fourth-order valence-corrected chi connectivity index (χ4v) is 1.69. The second-order valence-electron chi connectivity index (χ2n) is 3.55. The van der Waals surface area contributed by atoms with Crippen molar-refractivity contribution in [2.24, 2.45) is 7.05 Å². The number of halogens is 1. The predicted octanol–water partition coefficient (Wildman–Crippen LogP) is 1.63. The van der Waals surface area contributed by atoms with Gasteiger partial charge in [0.2, 0.25) is 5.15 Å². The number of amides is 1. The molecule has 0 aliphatic heterocycles. The Morgan fingerprint density at radius 3 is 2.79 bits per heavy atom. The summed E-state index contributed by atoms with van der Waals surface area (Å²) in [5.41, 5.74) is -0.685. The standard InChI is InChI=1S/C10H8ClN5O3/c1-15-7(3-5-13-15)14-10(17)6-2-4-12-9(11)8(6)16(18)19/h2-5H,1H3,(H,14,17). The van der Waals surface area contributed by atoms with Crippen LogP contribution < -0.4 is 5.32 Å². The van der Waals surface area contributed by atoms with Crippen LogP contribution in [-0.2, 0) is 7.05 Å². The molecule has 0 saturated carbocycles. The van der Waals surface area contributed by atoms with E-state index in [9.17, 15) is 14.9 Å². The molecule has 0 aliphatic carbocycles. The molecule has 98 valence electrons. The van der Waals surface area contributed by atoms with Crippen LogP contribution in [0.15, 0.2) is 24.5 Å². The number of aromatic nitrogens is 3. The number of carbonyl (C=O) groups is 1. The highest BCUT2D eigenvalue weighted by Gasteiger charge is 2.25. The van der Waals surface area contributed by atoms with E-state index in [1.807, 2.05) is 0 Å². The highest BCUT2D eigenvalue weighted by molar-refractivity contribution is 6.32. The van der Waals surface area contributed by atoms with Crippen LogP contribution in [0.2, 0.25) is 5.15 Å². The topological polar surface area (TPSA) is 103 Å². The summed E-state index contributed by atoms with van der Waals surface area (Å²) in [5, 5.41) is 16.9. The minimum Gasteiger partial charge on any atom is -0.307 e. The molecule has 1 N–H and O–H groups in total. The molecule has 2 rings (SSSR count). The van der Waals surface area contributed by atoms with Gasteiger partial charge in [-0.15, -0.1) is 0 Å². The third-order valence-corrected chi connectivity index (χ3v) is 2.65. The Hall–Kier alpha value is -2.48. The van der Waals surface area contributed by atoms with Crippen molar-refractivity contribution in [3.05, 3.63) is 45.4 Å². The van der Waals surface area contributed by atoms with Gasteiger partial charge in [0.1, 0.15) is 11.4 Å². The lowest BCUT2D eigenvalue weighted by atomic mass is 10.2. The molecule has 0 atom stereocenters. The molecule has 0 fully saturated rings. The Morgan fingerprint density at radius 1 is 1.47 bits per heavy atom. The van der Waals surface area contributed by atoms with E-state index in [0.29, 0.717) is 5.82 Å². The number of nitrogens with one attached hydrogen (secondary N) is 1. The summed E-state index contributed by atoms with van der Waals surface area (Å²) in [4.78, 5) is 25.7. The second kappa shape index (κ2) is 5.02. The third kappa shape index (κ3) is 2.52. The summed E-state index contributed by atoms with van der Waals surface area (Å²) < 4.78 is 1.42. The van der Waals surface area contributed by atoms with Crippen molar-refractivity contribution in [3.63, 3.8) is 0 Å². The number of anilines is 1. The van der Waals surface area contributed by atoms with E-state index in [1.165, 1.54) is 23.1 Å². The highest BCUT2D eigenvalue weighted by atomic mass is 35.5. The molecule has 2 heterocycles. The van der Waals surface area contributed by atoms with Crippen molar-refractivity contribution < 1.29 is 9.72 Å². The molecule has 0 spiro atoms. The summed E-state index contributed by atoms with van der Waals surface area (Å²) in [6.45, 7) is 0. The maximum absolute atomic E-state index is 12.0. The summed E-state index contributed by atoms with van der Waals surface area (Å²) in [7, 11) is 1.63. The predicted molar refractivity (Wildman–Crippen MR) is 67.1 cm³/mol. The number of hydrogen-bond acceptors (Lipinski definition) is 5. The first-order chi connectivity index (χ1) is 9.00. The average molecular weight is 282 g/mol. The molecule has 19 heavy (non-hydrogen) atoms. The molecule has 0 bridgehead atoms. The van der Waals surface area contributed by atoms with Crippen LogP contribution in [0.4, 0.5) is 11.5 Å². The maximum Gasteiger partial charge on any atom is 0.319 e. The lowest BCUT2D eigenvalue weighted by Gasteiger charge is -2.06. The number of rotatable bonds is 3. The van der Waals surface area contributed by atoms with Crippen LogP contribution in [0.1, 0.15) is 10.4 Å². The van der Waals surface area contributed by atoms with Gasteiger partial charge in [0, 0.05) is 19.3 Å². The molecule has 9 heteroatoms. The number of nitrogens with zero attached hydrogens (tertiary/aromatic N) is 4. The highest BCUT2D eigenvalue weighted by Crippen LogP contribution is 2.26. The van der Waals surface area contributed by atoms with Crippen LogP contribution in [0, 0.1) is 10.1 Å². The van der Waals surface area contributed by atoms with E-state index >= 15 is 0 Å². The van der Waals surface area contributed by atoms with Crippen LogP contribution >= 0.6 is 11.6 Å². The van der Waals surface area contributed by atoms with Crippen molar-refractivity contribution in [1.82, 2.24) is 14.8 Å². The molecular formula is C10H8ClN5O3. The number of carbonyl (C=O) groups excluding carboxylic acids is 1. The fourth-order valence-electron chi connectivity index (χ4n) is 1.47. The van der Waals surface area contributed by atoms with Gasteiger partial charge in [0.25, 0.3) is 5.91 Å². The van der Waals surface area contributed by atoms with Crippen molar-refractivity contribution in [3.8, 4) is 0 Å². The lowest BCUT2D eigenvalue weighted by Crippen LogP contribution is -2.16. The van der Waals surface area contributed by atoms with Gasteiger partial charge < -0.3 is 5.32 Å². The van der Waals surface area contributed by atoms with Gasteiger partial charge in [-0.2, -0.15) is 5.10 Å². The first-order valence-electron chi connectivity index (χ1n) is 5.09. The number of nitro groups is 1. The van der Waals surface area contributed by atoms with E-state index in [1.54, 1.807) is 13.1 Å². The Morgan fingerprint density at radius 2 is 2.21 bits per heavy atom. The minimum absolute atomic E-state index is 0.161. The quantitative estimate of drug-likeness (QED) is 0.523. The molecule has 1 amide bonds. The zero-order valence-corrected chi connectivity index (χ0v) is 10.5. The van der Waals surface area contributed by atoms with Crippen molar-refractivity contribution in [1.29, 1.82) is 0 Å². The minimum atomic E-state index is -0.743. The normalized spacial score (nSPS) is 10.2. The first-order valence-corrected chi connectivity index (χ1v) is 5.46. The Kier molecular flexibility index (Phi) is 3.43. The number of pyridine rings is 1. The lowest BCUT2D eigenvalue weighted by molar-refractivity contribution is -0.385. The zero-order valence-electron chi connectivity index (χ0n) is 9.70. The van der Waals surface area contributed by atoms with Crippen molar-refractivity contribution in [2.75, 3.05) is 5.32 Å². The monoisotopic (exact) mass is 281 g/mol. The number of aryl methyl sites for hydroxylation is 1. The van der Waals surface area contributed by atoms with Gasteiger partial charge in [-0.25, -0.2) is 4.98 Å². The van der Waals surface area contributed by atoms with E-state index in [0.717, 1.165) is 0 Å². The molecule has 2 aromatic heterocycles. The molecular weight excluding hydrogens is 274 g/mol. The van der Waals surface area contributed by atoms with Gasteiger partial charge in [-0.05, 0) is 6.07 Å². The zero-order chi connectivity index (χ0) is 14.0.